The number of hydrogen-bond donors (Lipinski definition) is 1. The number of thiazole rings is 1. The fourth-order valence-corrected chi connectivity index (χ4v) is 5.17. The van der Waals surface area contributed by atoms with Crippen LogP contribution in [-0.4, -0.2) is 44.5 Å². The second kappa shape index (κ2) is 9.46. The van der Waals surface area contributed by atoms with Crippen molar-refractivity contribution in [3.63, 3.8) is 0 Å². The van der Waals surface area contributed by atoms with Crippen molar-refractivity contribution in [1.29, 1.82) is 0 Å². The quantitative estimate of drug-likeness (QED) is 0.600. The first kappa shape index (κ1) is 21.9. The fourth-order valence-electron chi connectivity index (χ4n) is 3.98. The average molecular weight is 445 g/mol. The van der Waals surface area contributed by atoms with Crippen LogP contribution in [0.25, 0.3) is 0 Å². The number of aryl methyl sites for hydroxylation is 2. The minimum atomic E-state index is -0.882. The molecule has 0 bridgehead atoms. The molecule has 31 heavy (non-hydrogen) atoms. The third kappa shape index (κ3) is 5.31. The first-order valence-electron chi connectivity index (χ1n) is 10.7. The topological polar surface area (TPSA) is 63.4 Å². The third-order valence-electron chi connectivity index (χ3n) is 5.92. The molecule has 1 N–H and O–H groups in total. The van der Waals surface area contributed by atoms with E-state index in [-0.39, 0.29) is 5.82 Å². The number of likely N-dealkylation sites (tertiary alicyclic amines) is 1. The molecule has 1 atom stereocenters. The Bertz CT molecular complexity index is 1000. The van der Waals surface area contributed by atoms with Gasteiger partial charge in [-0.2, -0.15) is 5.10 Å². The lowest BCUT2D eigenvalue weighted by Crippen LogP contribution is -2.29. The molecule has 3 heterocycles. The van der Waals surface area contributed by atoms with E-state index in [9.17, 15) is 9.50 Å². The lowest BCUT2D eigenvalue weighted by atomic mass is 9.96. The van der Waals surface area contributed by atoms with Crippen molar-refractivity contribution in [2.75, 3.05) is 19.7 Å². The Morgan fingerprint density at radius 3 is 2.74 bits per heavy atom. The summed E-state index contributed by atoms with van der Waals surface area (Å²) in [4.78, 5) is 8.24. The van der Waals surface area contributed by atoms with Crippen molar-refractivity contribution < 1.29 is 14.2 Å². The number of benzene rings is 1. The average Bonchev–Trinajstić information content (AvgIpc) is 3.27. The Morgan fingerprint density at radius 2 is 2.00 bits per heavy atom. The van der Waals surface area contributed by atoms with Gasteiger partial charge in [-0.25, -0.2) is 9.37 Å². The largest absolute Gasteiger partial charge is 0.493 e. The highest BCUT2D eigenvalue weighted by Gasteiger charge is 2.35. The molecule has 1 saturated heterocycles. The van der Waals surface area contributed by atoms with Crippen LogP contribution in [-0.2, 0) is 25.6 Å². The van der Waals surface area contributed by atoms with Crippen LogP contribution in [0.3, 0.4) is 0 Å². The van der Waals surface area contributed by atoms with Crippen LogP contribution in [0.15, 0.2) is 36.5 Å². The van der Waals surface area contributed by atoms with Crippen molar-refractivity contribution in [1.82, 2.24) is 19.7 Å². The van der Waals surface area contributed by atoms with E-state index in [0.29, 0.717) is 31.6 Å². The molecule has 1 aromatic carbocycles. The van der Waals surface area contributed by atoms with E-state index in [1.165, 1.54) is 17.8 Å². The molecule has 0 saturated carbocycles. The zero-order valence-corrected chi connectivity index (χ0v) is 18.9. The van der Waals surface area contributed by atoms with Crippen LogP contribution in [0.1, 0.15) is 40.5 Å². The van der Waals surface area contributed by atoms with Crippen LogP contribution in [0.4, 0.5) is 4.39 Å². The van der Waals surface area contributed by atoms with Gasteiger partial charge in [0.2, 0.25) is 0 Å². The van der Waals surface area contributed by atoms with Crippen molar-refractivity contribution in [2.24, 2.45) is 7.05 Å². The SMILES string of the molecule is Cc1nc([C@]2(O)CCCN(Cc3ccnn3C)CC2)sc1CCOc1ccc(F)cc1. The summed E-state index contributed by atoms with van der Waals surface area (Å²) >= 11 is 1.59. The Kier molecular flexibility index (Phi) is 6.69. The highest BCUT2D eigenvalue weighted by molar-refractivity contribution is 7.11. The first-order chi connectivity index (χ1) is 14.9. The van der Waals surface area contributed by atoms with E-state index >= 15 is 0 Å². The fraction of sp³-hybridized carbons (Fsp3) is 0.478. The summed E-state index contributed by atoms with van der Waals surface area (Å²) in [5, 5.41) is 16.5. The lowest BCUT2D eigenvalue weighted by molar-refractivity contribution is 0.0206. The summed E-state index contributed by atoms with van der Waals surface area (Å²) < 4.78 is 20.6. The number of rotatable bonds is 7. The summed E-state index contributed by atoms with van der Waals surface area (Å²) in [6, 6.07) is 8.09. The second-order valence-corrected chi connectivity index (χ2v) is 9.27. The highest BCUT2D eigenvalue weighted by Crippen LogP contribution is 2.37. The van der Waals surface area contributed by atoms with Gasteiger partial charge in [0.1, 0.15) is 22.2 Å². The number of nitrogens with zero attached hydrogens (tertiary/aromatic N) is 4. The molecule has 0 spiro atoms. The van der Waals surface area contributed by atoms with E-state index in [4.69, 9.17) is 9.72 Å². The third-order valence-corrected chi connectivity index (χ3v) is 7.33. The molecule has 8 heteroatoms. The van der Waals surface area contributed by atoms with Crippen molar-refractivity contribution in [3.05, 3.63) is 63.6 Å². The van der Waals surface area contributed by atoms with Gasteiger partial charge in [0, 0.05) is 37.6 Å². The highest BCUT2D eigenvalue weighted by atomic mass is 32.1. The van der Waals surface area contributed by atoms with Gasteiger partial charge in [0.05, 0.1) is 18.0 Å². The molecular formula is C23H29FN4O2S. The van der Waals surface area contributed by atoms with E-state index in [2.05, 4.69) is 10.00 Å². The van der Waals surface area contributed by atoms with E-state index in [1.54, 1.807) is 23.5 Å². The standard InChI is InChI=1S/C23H29FN4O2S/c1-17-21(9-15-30-20-6-4-18(24)5-7-20)31-22(26-17)23(29)10-3-13-28(14-11-23)16-19-8-12-25-27(19)2/h4-8,12,29H,3,9-11,13-16H2,1-2H3/t23-/m0/s1. The summed E-state index contributed by atoms with van der Waals surface area (Å²) in [5.74, 6) is 0.380. The predicted octanol–water partition coefficient (Wildman–Crippen LogP) is 3.82. The molecule has 6 nitrogen and oxygen atoms in total. The van der Waals surface area contributed by atoms with E-state index in [0.717, 1.165) is 41.6 Å². The molecule has 4 rings (SSSR count). The molecule has 2 aromatic heterocycles. The van der Waals surface area contributed by atoms with E-state index < -0.39 is 5.60 Å². The maximum atomic E-state index is 13.0. The van der Waals surface area contributed by atoms with Gasteiger partial charge in [-0.05, 0) is 63.1 Å². The van der Waals surface area contributed by atoms with Gasteiger partial charge in [0.15, 0.2) is 0 Å². The first-order valence-corrected chi connectivity index (χ1v) is 11.5. The molecule has 3 aromatic rings. The second-order valence-electron chi connectivity index (χ2n) is 8.19. The summed E-state index contributed by atoms with van der Waals surface area (Å²) in [6.07, 6.45) is 4.85. The minimum Gasteiger partial charge on any atom is -0.493 e. The maximum absolute atomic E-state index is 13.0. The zero-order chi connectivity index (χ0) is 21.8. The van der Waals surface area contributed by atoms with Gasteiger partial charge in [-0.3, -0.25) is 9.58 Å². The van der Waals surface area contributed by atoms with Gasteiger partial charge in [-0.15, -0.1) is 11.3 Å². The molecular weight excluding hydrogens is 415 g/mol. The van der Waals surface area contributed by atoms with Crippen LogP contribution in [0.2, 0.25) is 0 Å². The van der Waals surface area contributed by atoms with Gasteiger partial charge in [-0.1, -0.05) is 0 Å². The molecule has 0 aliphatic carbocycles. The summed E-state index contributed by atoms with van der Waals surface area (Å²) in [6.45, 7) is 5.10. The minimum absolute atomic E-state index is 0.272. The van der Waals surface area contributed by atoms with Crippen molar-refractivity contribution >= 4 is 11.3 Å². The monoisotopic (exact) mass is 444 g/mol. The van der Waals surface area contributed by atoms with Crippen LogP contribution in [0.5, 0.6) is 5.75 Å². The molecule has 0 unspecified atom stereocenters. The van der Waals surface area contributed by atoms with Crippen LogP contribution >= 0.6 is 11.3 Å². The molecule has 1 aliphatic heterocycles. The molecule has 0 radical (unpaired) electrons. The predicted molar refractivity (Wildman–Crippen MR) is 119 cm³/mol. The maximum Gasteiger partial charge on any atom is 0.125 e. The van der Waals surface area contributed by atoms with Crippen molar-refractivity contribution in [2.45, 2.75) is 44.8 Å². The molecule has 1 fully saturated rings. The van der Waals surface area contributed by atoms with Gasteiger partial charge in [0.25, 0.3) is 0 Å². The number of hydrogen-bond acceptors (Lipinski definition) is 6. The number of halogens is 1. The van der Waals surface area contributed by atoms with Gasteiger partial charge < -0.3 is 9.84 Å². The van der Waals surface area contributed by atoms with Crippen molar-refractivity contribution in [3.8, 4) is 5.75 Å². The Balaban J connectivity index is 1.36. The normalized spacial score (nSPS) is 20.0. The number of aromatic nitrogens is 3. The van der Waals surface area contributed by atoms with Crippen LogP contribution in [0, 0.1) is 12.7 Å². The lowest BCUT2D eigenvalue weighted by Gasteiger charge is -2.24. The Labute approximate surface area is 186 Å². The Hall–Kier alpha value is -2.29. The Morgan fingerprint density at radius 1 is 1.19 bits per heavy atom. The van der Waals surface area contributed by atoms with E-state index in [1.807, 2.05) is 30.9 Å². The molecule has 0 amide bonds. The molecule has 1 aliphatic rings. The number of aliphatic hydroxyl groups is 1. The summed E-state index contributed by atoms with van der Waals surface area (Å²) in [7, 11) is 1.96. The summed E-state index contributed by atoms with van der Waals surface area (Å²) in [5.41, 5.74) is 1.25. The zero-order valence-electron chi connectivity index (χ0n) is 18.1. The molecule has 166 valence electrons. The van der Waals surface area contributed by atoms with Gasteiger partial charge >= 0.3 is 0 Å². The number of ether oxygens (including phenoxy) is 1. The smallest absolute Gasteiger partial charge is 0.125 e. The van der Waals surface area contributed by atoms with Crippen LogP contribution < -0.4 is 4.74 Å².